The van der Waals surface area contributed by atoms with Crippen LogP contribution in [0.4, 0.5) is 0 Å². The van der Waals surface area contributed by atoms with Gasteiger partial charge in [0.2, 0.25) is 0 Å². The molecule has 0 N–H and O–H groups in total. The average molecular weight is 308 g/mol. The van der Waals surface area contributed by atoms with Gasteiger partial charge >= 0.3 is 0 Å². The highest BCUT2D eigenvalue weighted by Crippen LogP contribution is 2.43. The lowest BCUT2D eigenvalue weighted by molar-refractivity contribution is -0.0601. The van der Waals surface area contributed by atoms with Gasteiger partial charge < -0.3 is 4.74 Å². The van der Waals surface area contributed by atoms with E-state index in [1.807, 2.05) is 19.4 Å². The number of hydrogen-bond acceptors (Lipinski definition) is 3. The molecule has 1 aromatic heterocycles. The fraction of sp³-hybridized carbons (Fsp3) is 0.450. The van der Waals surface area contributed by atoms with Crippen LogP contribution in [-0.4, -0.2) is 36.1 Å². The maximum atomic E-state index is 6.01. The number of piperidine rings is 3. The van der Waals surface area contributed by atoms with Gasteiger partial charge in [-0.25, -0.2) is 0 Å². The van der Waals surface area contributed by atoms with Crippen LogP contribution in [0.1, 0.15) is 24.5 Å². The van der Waals surface area contributed by atoms with E-state index >= 15 is 0 Å². The number of pyridine rings is 1. The summed E-state index contributed by atoms with van der Waals surface area (Å²) in [6.45, 7) is 6.34. The maximum absolute atomic E-state index is 6.01. The minimum atomic E-state index is 0.108. The number of ether oxygens (including phenoxy) is 1. The van der Waals surface area contributed by atoms with Gasteiger partial charge in [0.1, 0.15) is 0 Å². The first-order valence-electron chi connectivity index (χ1n) is 8.55. The van der Waals surface area contributed by atoms with Crippen molar-refractivity contribution < 1.29 is 4.74 Å². The summed E-state index contributed by atoms with van der Waals surface area (Å²) in [7, 11) is 1.84. The van der Waals surface area contributed by atoms with Gasteiger partial charge in [0.25, 0.3) is 0 Å². The summed E-state index contributed by atoms with van der Waals surface area (Å²) in [6, 6.07) is 11.0. The van der Waals surface area contributed by atoms with E-state index in [2.05, 4.69) is 46.8 Å². The van der Waals surface area contributed by atoms with E-state index in [-0.39, 0.29) is 6.10 Å². The third kappa shape index (κ3) is 2.48. The summed E-state index contributed by atoms with van der Waals surface area (Å²) < 4.78 is 6.01. The van der Waals surface area contributed by atoms with Crippen molar-refractivity contribution in [2.24, 2.45) is 11.8 Å². The molecule has 23 heavy (non-hydrogen) atoms. The second kappa shape index (κ2) is 6.06. The molecule has 120 valence electrons. The number of hydrogen-bond donors (Lipinski definition) is 0. The molecular weight excluding hydrogens is 284 g/mol. The quantitative estimate of drug-likeness (QED) is 0.803. The number of nitrogens with zero attached hydrogens (tertiary/aromatic N) is 2. The van der Waals surface area contributed by atoms with Crippen molar-refractivity contribution in [2.75, 3.05) is 20.2 Å². The molecule has 2 aromatic rings. The third-order valence-corrected chi connectivity index (χ3v) is 5.75. The number of methoxy groups -OCH3 is 1. The molecule has 2 bridgehead atoms. The molecule has 0 saturated carbocycles. The fourth-order valence-corrected chi connectivity index (χ4v) is 4.55. The Morgan fingerprint density at radius 1 is 1.35 bits per heavy atom. The van der Waals surface area contributed by atoms with Crippen molar-refractivity contribution in [1.29, 1.82) is 0 Å². The van der Waals surface area contributed by atoms with E-state index in [1.165, 1.54) is 30.3 Å². The first-order chi connectivity index (χ1) is 11.3. The highest BCUT2D eigenvalue weighted by Gasteiger charge is 2.42. The SMILES string of the molecule is C=C[C@H]1CN2CC[C@H]1C[C@H]2[C@H](OC)c1ccnc2ccccc12. The first-order valence-corrected chi connectivity index (χ1v) is 8.55. The van der Waals surface area contributed by atoms with E-state index in [0.717, 1.165) is 18.0 Å². The van der Waals surface area contributed by atoms with Gasteiger partial charge in [-0.2, -0.15) is 0 Å². The van der Waals surface area contributed by atoms with Crippen LogP contribution < -0.4 is 0 Å². The highest BCUT2D eigenvalue weighted by molar-refractivity contribution is 5.82. The van der Waals surface area contributed by atoms with Crippen molar-refractivity contribution in [2.45, 2.75) is 25.0 Å². The molecule has 4 heterocycles. The minimum Gasteiger partial charge on any atom is -0.375 e. The topological polar surface area (TPSA) is 25.4 Å². The average Bonchev–Trinajstić information content (AvgIpc) is 2.63. The summed E-state index contributed by atoms with van der Waals surface area (Å²) in [5.41, 5.74) is 2.32. The van der Waals surface area contributed by atoms with Crippen LogP contribution in [0.5, 0.6) is 0 Å². The molecule has 3 aliphatic rings. The zero-order valence-corrected chi connectivity index (χ0v) is 13.7. The Morgan fingerprint density at radius 3 is 2.96 bits per heavy atom. The molecule has 5 rings (SSSR count). The van der Waals surface area contributed by atoms with Gasteiger partial charge in [-0.1, -0.05) is 24.3 Å². The summed E-state index contributed by atoms with van der Waals surface area (Å²) >= 11 is 0. The summed E-state index contributed by atoms with van der Waals surface area (Å²) in [5.74, 6) is 1.40. The molecule has 3 heteroatoms. The molecule has 3 fully saturated rings. The van der Waals surface area contributed by atoms with Crippen LogP contribution in [0, 0.1) is 11.8 Å². The minimum absolute atomic E-state index is 0.108. The number of para-hydroxylation sites is 1. The van der Waals surface area contributed by atoms with Gasteiger partial charge in [-0.3, -0.25) is 9.88 Å². The Bertz CT molecular complexity index is 708. The third-order valence-electron chi connectivity index (χ3n) is 5.75. The van der Waals surface area contributed by atoms with Crippen molar-refractivity contribution >= 4 is 10.9 Å². The van der Waals surface area contributed by atoms with Crippen LogP contribution in [0.3, 0.4) is 0 Å². The molecule has 3 saturated heterocycles. The highest BCUT2D eigenvalue weighted by atomic mass is 16.5. The Morgan fingerprint density at radius 2 is 2.22 bits per heavy atom. The van der Waals surface area contributed by atoms with Crippen molar-refractivity contribution in [3.8, 4) is 0 Å². The predicted molar refractivity (Wildman–Crippen MR) is 93.3 cm³/mol. The van der Waals surface area contributed by atoms with Crippen molar-refractivity contribution in [1.82, 2.24) is 9.88 Å². The zero-order chi connectivity index (χ0) is 15.8. The van der Waals surface area contributed by atoms with E-state index in [9.17, 15) is 0 Å². The van der Waals surface area contributed by atoms with Crippen LogP contribution >= 0.6 is 0 Å². The lowest BCUT2D eigenvalue weighted by Gasteiger charge is -2.51. The lowest BCUT2D eigenvalue weighted by atomic mass is 9.73. The standard InChI is InChI=1S/C20H24N2O/c1-3-14-13-22-11-9-15(14)12-19(22)20(23-2)17-8-10-21-18-7-5-4-6-16(17)18/h3-8,10,14-15,19-20H,1,9,11-13H2,2H3/t14-,15-,19-,20+/m0/s1. The van der Waals surface area contributed by atoms with E-state index in [4.69, 9.17) is 4.74 Å². The second-order valence-electron chi connectivity index (χ2n) is 6.82. The Labute approximate surface area is 138 Å². The molecule has 1 unspecified atom stereocenters. The van der Waals surface area contributed by atoms with Crippen LogP contribution in [0.15, 0.2) is 49.2 Å². The van der Waals surface area contributed by atoms with E-state index < -0.39 is 0 Å². The number of benzene rings is 1. The molecule has 0 radical (unpaired) electrons. The first kappa shape index (κ1) is 14.9. The van der Waals surface area contributed by atoms with Gasteiger partial charge in [0.05, 0.1) is 11.6 Å². The molecule has 1 aromatic carbocycles. The van der Waals surface area contributed by atoms with Gasteiger partial charge in [0.15, 0.2) is 0 Å². The normalized spacial score (nSPS) is 31.2. The Kier molecular flexibility index (Phi) is 3.92. The lowest BCUT2D eigenvalue weighted by Crippen LogP contribution is -2.55. The van der Waals surface area contributed by atoms with Crippen LogP contribution in [-0.2, 0) is 4.74 Å². The summed E-state index contributed by atoms with van der Waals surface area (Å²) in [4.78, 5) is 7.10. The van der Waals surface area contributed by atoms with Gasteiger partial charge in [-0.15, -0.1) is 6.58 Å². The zero-order valence-electron chi connectivity index (χ0n) is 13.7. The van der Waals surface area contributed by atoms with Crippen molar-refractivity contribution in [3.05, 3.63) is 54.7 Å². The largest absolute Gasteiger partial charge is 0.375 e. The molecule has 0 aliphatic carbocycles. The summed E-state index contributed by atoms with van der Waals surface area (Å²) in [6.07, 6.45) is 6.66. The van der Waals surface area contributed by atoms with Crippen molar-refractivity contribution in [3.63, 3.8) is 0 Å². The van der Waals surface area contributed by atoms with E-state index in [1.54, 1.807) is 0 Å². The molecule has 3 aliphatic heterocycles. The Balaban J connectivity index is 1.70. The van der Waals surface area contributed by atoms with Crippen LogP contribution in [0.25, 0.3) is 10.9 Å². The number of rotatable bonds is 4. The molecule has 5 atom stereocenters. The fourth-order valence-electron chi connectivity index (χ4n) is 4.55. The molecule has 0 amide bonds. The van der Waals surface area contributed by atoms with Gasteiger partial charge in [-0.05, 0) is 48.9 Å². The predicted octanol–water partition coefficient (Wildman–Crippen LogP) is 3.82. The smallest absolute Gasteiger partial charge is 0.0983 e. The number of aromatic nitrogens is 1. The van der Waals surface area contributed by atoms with Gasteiger partial charge in [0, 0.05) is 31.3 Å². The Hall–Kier alpha value is -1.71. The number of fused-ring (bicyclic) bond motifs is 4. The summed E-state index contributed by atoms with van der Waals surface area (Å²) in [5, 5.41) is 1.21. The van der Waals surface area contributed by atoms with Crippen LogP contribution in [0.2, 0.25) is 0 Å². The molecule has 0 spiro atoms. The maximum Gasteiger partial charge on any atom is 0.0983 e. The molecular formula is C20H24N2O. The monoisotopic (exact) mass is 308 g/mol. The molecule has 3 nitrogen and oxygen atoms in total. The second-order valence-corrected chi connectivity index (χ2v) is 6.82. The van der Waals surface area contributed by atoms with E-state index in [0.29, 0.717) is 12.0 Å².